The second-order valence-electron chi connectivity index (χ2n) is 9.92. The Morgan fingerprint density at radius 3 is 2.64 bits per heavy atom. The van der Waals surface area contributed by atoms with Crippen LogP contribution in [0.4, 0.5) is 11.6 Å². The van der Waals surface area contributed by atoms with Gasteiger partial charge in [-0.3, -0.25) is 18.2 Å². The zero-order valence-corrected chi connectivity index (χ0v) is 24.5. The number of nitrogens with two attached hydrogens (primary N) is 3. The predicted molar refractivity (Wildman–Crippen MR) is 145 cm³/mol. The molecule has 26 heteroatoms. The number of phosphoric ester groups is 1. The number of hydrogen-bond acceptors (Lipinski definition) is 20. The summed E-state index contributed by atoms with van der Waals surface area (Å²) < 4.78 is 53.4. The number of aliphatic hydroxyl groups is 3. The first-order valence-electron chi connectivity index (χ1n) is 12.9. The molecule has 0 saturated carbocycles. The normalized spacial score (nSPS) is 33.5. The Balaban J connectivity index is 1.19. The number of nitrogens with zero attached hydrogens (tertiary/aromatic N) is 8. The molecule has 6 heterocycles. The molecule has 3 aliphatic rings. The molecule has 246 valence electrons. The highest BCUT2D eigenvalue weighted by molar-refractivity contribution is 7.47. The Morgan fingerprint density at radius 2 is 1.89 bits per heavy atom. The van der Waals surface area contributed by atoms with Crippen molar-refractivity contribution in [3.8, 4) is 0 Å². The van der Waals surface area contributed by atoms with Gasteiger partial charge in [0.1, 0.15) is 60.6 Å². The zero-order chi connectivity index (χ0) is 32.2. The lowest BCUT2D eigenvalue weighted by molar-refractivity contribution is -0.168. The summed E-state index contributed by atoms with van der Waals surface area (Å²) in [4.78, 5) is 35.8. The molecule has 24 nitrogen and oxygen atoms in total. The fourth-order valence-corrected chi connectivity index (χ4v) is 6.12. The number of aliphatic imine (C=N–C) groups is 1. The van der Waals surface area contributed by atoms with Gasteiger partial charge in [0.15, 0.2) is 42.0 Å². The summed E-state index contributed by atoms with van der Waals surface area (Å²) in [6, 6.07) is 0. The summed E-state index contributed by atoms with van der Waals surface area (Å²) in [6.07, 6.45) is -11.8. The number of hydrogen-bond donors (Lipinski definition) is 9. The third-order valence-electron chi connectivity index (χ3n) is 6.96. The van der Waals surface area contributed by atoms with Crippen LogP contribution < -0.4 is 22.5 Å². The van der Waals surface area contributed by atoms with Crippen LogP contribution in [0, 0.1) is 0 Å². The third-order valence-corrected chi connectivity index (χ3v) is 8.36. The van der Waals surface area contributed by atoms with E-state index < -0.39 is 84.2 Å². The number of nitrogens with one attached hydrogen (secondary N) is 1. The Hall–Kier alpha value is -3.22. The number of aliphatic hydroxyl groups excluding tert-OH is 3. The van der Waals surface area contributed by atoms with E-state index in [1.807, 2.05) is 0 Å². The molecule has 0 spiro atoms. The van der Waals surface area contributed by atoms with E-state index in [1.165, 1.54) is 17.2 Å². The fraction of sp³-hybridized carbons (Fsp3) is 0.579. The Kier molecular flexibility index (Phi) is 8.60. The van der Waals surface area contributed by atoms with Crippen LogP contribution in [0.3, 0.4) is 0 Å². The lowest BCUT2D eigenvalue weighted by Gasteiger charge is -2.25. The van der Waals surface area contributed by atoms with Crippen LogP contribution in [0.2, 0.25) is 0 Å². The lowest BCUT2D eigenvalue weighted by Crippen LogP contribution is -2.41. The largest absolute Gasteiger partial charge is 0.472 e. The van der Waals surface area contributed by atoms with Crippen molar-refractivity contribution < 1.29 is 57.5 Å². The van der Waals surface area contributed by atoms with Gasteiger partial charge in [-0.25, -0.2) is 19.5 Å². The van der Waals surface area contributed by atoms with Crippen molar-refractivity contribution in [1.29, 1.82) is 0 Å². The van der Waals surface area contributed by atoms with Crippen molar-refractivity contribution in [2.24, 2.45) is 16.5 Å². The average Bonchev–Trinajstić information content (AvgIpc) is 3.73. The Labute approximate surface area is 251 Å². The van der Waals surface area contributed by atoms with Gasteiger partial charge in [0.25, 0.3) is 0 Å². The molecule has 3 aliphatic heterocycles. The van der Waals surface area contributed by atoms with Gasteiger partial charge in [-0.2, -0.15) is 9.67 Å². The van der Waals surface area contributed by atoms with Gasteiger partial charge < -0.3 is 61.8 Å². The second-order valence-corrected chi connectivity index (χ2v) is 12.4. The number of nitrogen functional groups attached to an aromatic ring is 1. The number of rotatable bonds is 10. The van der Waals surface area contributed by atoms with E-state index >= 15 is 0 Å². The van der Waals surface area contributed by atoms with Crippen LogP contribution in [0.25, 0.3) is 11.2 Å². The molecule has 12 N–H and O–H groups in total. The topological polar surface area (TPSA) is 358 Å². The molecule has 2 saturated heterocycles. The second kappa shape index (κ2) is 12.2. The fourth-order valence-electron chi connectivity index (χ4n) is 4.88. The minimum absolute atomic E-state index is 0.0452. The molecule has 3 unspecified atom stereocenters. The summed E-state index contributed by atoms with van der Waals surface area (Å²) in [5, 5.41) is 42.5. The van der Waals surface area contributed by atoms with Gasteiger partial charge in [0.05, 0.1) is 12.9 Å². The van der Waals surface area contributed by atoms with Gasteiger partial charge >= 0.3 is 7.82 Å². The molecule has 0 amide bonds. The van der Waals surface area contributed by atoms with Crippen molar-refractivity contribution >= 4 is 44.6 Å². The highest BCUT2D eigenvalue weighted by Gasteiger charge is 2.52. The van der Waals surface area contributed by atoms with Crippen molar-refractivity contribution in [3.05, 3.63) is 18.3 Å². The summed E-state index contributed by atoms with van der Waals surface area (Å²) in [5.74, 6) is -0.0928. The van der Waals surface area contributed by atoms with Gasteiger partial charge in [0, 0.05) is 0 Å². The lowest BCUT2D eigenvalue weighted by atomic mass is 10.1. The van der Waals surface area contributed by atoms with E-state index in [-0.39, 0.29) is 34.5 Å². The molecule has 0 radical (unpaired) electrons. The summed E-state index contributed by atoms with van der Waals surface area (Å²) in [6.45, 7) is -0.785. The van der Waals surface area contributed by atoms with Gasteiger partial charge in [-0.1, -0.05) is 5.21 Å². The molecule has 3 aromatic rings. The maximum Gasteiger partial charge on any atom is 0.472 e. The first kappa shape index (κ1) is 31.7. The van der Waals surface area contributed by atoms with E-state index in [1.54, 1.807) is 0 Å². The van der Waals surface area contributed by atoms with Gasteiger partial charge in [0.2, 0.25) is 8.03 Å². The number of fused-ring (bicyclic) bond motifs is 2. The van der Waals surface area contributed by atoms with Crippen LogP contribution in [0.15, 0.2) is 17.6 Å². The van der Waals surface area contributed by atoms with Crippen molar-refractivity contribution in [3.63, 3.8) is 0 Å². The van der Waals surface area contributed by atoms with E-state index in [4.69, 9.17) is 40.5 Å². The Bertz CT molecular complexity index is 1670. The van der Waals surface area contributed by atoms with Crippen LogP contribution in [-0.2, 0) is 32.4 Å². The van der Waals surface area contributed by atoms with Gasteiger partial charge in [-0.15, -0.1) is 5.10 Å². The molecule has 45 heavy (non-hydrogen) atoms. The monoisotopic (exact) mass is 678 g/mol. The van der Waals surface area contributed by atoms with Crippen LogP contribution in [-0.4, -0.2) is 115 Å². The maximum absolute atomic E-state index is 13.1. The third kappa shape index (κ3) is 6.04. The van der Waals surface area contributed by atoms with Crippen LogP contribution in [0.5, 0.6) is 0 Å². The number of aromatic nitrogens is 7. The van der Waals surface area contributed by atoms with E-state index in [0.29, 0.717) is 0 Å². The quantitative estimate of drug-likeness (QED) is 0.0922. The minimum Gasteiger partial charge on any atom is -0.387 e. The van der Waals surface area contributed by atoms with Crippen molar-refractivity contribution in [2.45, 2.75) is 55.4 Å². The average molecular weight is 678 g/mol. The predicted octanol–water partition coefficient (Wildman–Crippen LogP) is -4.01. The van der Waals surface area contributed by atoms with Gasteiger partial charge in [-0.05, 0) is 0 Å². The summed E-state index contributed by atoms with van der Waals surface area (Å²) in [5.41, 5.74) is 18.0. The molecule has 2 fully saturated rings. The van der Waals surface area contributed by atoms with E-state index in [9.17, 15) is 34.2 Å². The molecular weight excluding hydrogens is 650 g/mol. The van der Waals surface area contributed by atoms with Crippen LogP contribution in [0.1, 0.15) is 24.3 Å². The highest BCUT2D eigenvalue weighted by atomic mass is 31.2. The minimum atomic E-state index is -5.15. The molecule has 6 rings (SSSR count). The summed E-state index contributed by atoms with van der Waals surface area (Å²) >= 11 is 0. The molecule has 0 aromatic carbocycles. The van der Waals surface area contributed by atoms with Crippen molar-refractivity contribution in [2.75, 3.05) is 18.7 Å². The molecule has 0 bridgehead atoms. The molecular formula is C19H28N12O12P2. The highest BCUT2D eigenvalue weighted by Crippen LogP contribution is 2.50. The number of anilines is 1. The smallest absolute Gasteiger partial charge is 0.387 e. The summed E-state index contributed by atoms with van der Waals surface area (Å²) in [7, 11) is -8.31. The molecule has 3 aromatic heterocycles. The number of imidazole rings is 1. The van der Waals surface area contributed by atoms with E-state index in [0.717, 1.165) is 4.68 Å². The molecule has 0 aliphatic carbocycles. The SMILES string of the molecule is NC1=Nc2c(nnn2[C@@H]2O[C@H](OC[PH](=O)O)[C@H](O)[C@@H]2OP(=O)(O)OC[C@H]2O[C@@H](n3cnc4c(N)ncnc43)[C@@H](O)[C@H]2O)C(N)N1. The maximum atomic E-state index is 13.1. The number of phosphoric acid groups is 1. The zero-order valence-electron chi connectivity index (χ0n) is 22.6. The standard InChI is InChI=1S/C19H28N12O12P2/c20-12-6-14(24-2-23-12)30(3-25-6)16-9(33)8(32)5(41-16)1-40-45(37,38)43-11-10(34)18(39-4-44(35)36)42-17(11)31-15-7(28-29-31)13(21)26-19(22)27-15/h2-3,5,8-11,13,16-18,32-34,44H,1,4,21H2,(H,35,36)(H,37,38)(H2,20,23,24)(H3,22,26,27)/t5-,8+,9+,10-,11+,13?,16-,17-,18+/m1/s1. The first-order chi connectivity index (χ1) is 21.3. The first-order valence-corrected chi connectivity index (χ1v) is 16.0. The number of ether oxygens (including phenoxy) is 3. The van der Waals surface area contributed by atoms with Crippen LogP contribution >= 0.6 is 15.9 Å². The Morgan fingerprint density at radius 1 is 1.11 bits per heavy atom. The number of guanidine groups is 1. The molecule has 11 atom stereocenters. The van der Waals surface area contributed by atoms with Crippen molar-refractivity contribution in [1.82, 2.24) is 39.8 Å². The van der Waals surface area contributed by atoms with E-state index in [2.05, 4.69) is 35.6 Å².